The van der Waals surface area contributed by atoms with E-state index >= 15 is 0 Å². The maximum absolute atomic E-state index is 12.2. The summed E-state index contributed by atoms with van der Waals surface area (Å²) >= 11 is 0. The lowest BCUT2D eigenvalue weighted by Crippen LogP contribution is -2.28. The molecule has 0 aromatic carbocycles. The van der Waals surface area contributed by atoms with Crippen molar-refractivity contribution >= 4 is 11.9 Å². The second-order valence-electron chi connectivity index (χ2n) is 14.8. The number of carbonyl (C=O) groups is 2. The molecular formula is C51H84O5. The van der Waals surface area contributed by atoms with Gasteiger partial charge in [0.2, 0.25) is 0 Å². The quantitative estimate of drug-likeness (QED) is 0.0381. The van der Waals surface area contributed by atoms with E-state index in [4.69, 9.17) is 9.47 Å². The topological polar surface area (TPSA) is 72.8 Å². The van der Waals surface area contributed by atoms with Crippen LogP contribution in [0.3, 0.4) is 0 Å². The zero-order valence-corrected chi connectivity index (χ0v) is 36.1. The van der Waals surface area contributed by atoms with Gasteiger partial charge in [-0.15, -0.1) is 0 Å². The highest BCUT2D eigenvalue weighted by molar-refractivity contribution is 5.70. The smallest absolute Gasteiger partial charge is 0.306 e. The van der Waals surface area contributed by atoms with Crippen LogP contribution in [0.2, 0.25) is 0 Å². The molecule has 56 heavy (non-hydrogen) atoms. The summed E-state index contributed by atoms with van der Waals surface area (Å²) in [6, 6.07) is 0. The van der Waals surface area contributed by atoms with Gasteiger partial charge >= 0.3 is 11.9 Å². The molecule has 5 heteroatoms. The largest absolute Gasteiger partial charge is 0.462 e. The summed E-state index contributed by atoms with van der Waals surface area (Å²) in [5.41, 5.74) is 0. The Morgan fingerprint density at radius 3 is 1.16 bits per heavy atom. The molecule has 0 amide bonds. The van der Waals surface area contributed by atoms with Gasteiger partial charge in [-0.1, -0.05) is 201 Å². The van der Waals surface area contributed by atoms with Gasteiger partial charge < -0.3 is 14.6 Å². The molecule has 1 atom stereocenters. The number of esters is 2. The number of allylic oxidation sites excluding steroid dienone is 16. The summed E-state index contributed by atoms with van der Waals surface area (Å²) in [5, 5.41) is 9.58. The number of hydrogen-bond donors (Lipinski definition) is 1. The second kappa shape index (κ2) is 46.2. The van der Waals surface area contributed by atoms with E-state index in [0.29, 0.717) is 12.8 Å². The van der Waals surface area contributed by atoms with E-state index in [0.717, 1.165) is 103 Å². The molecule has 0 heterocycles. The molecule has 0 bridgehead atoms. The lowest BCUT2D eigenvalue weighted by atomic mass is 10.0. The second-order valence-corrected chi connectivity index (χ2v) is 14.8. The molecule has 0 spiro atoms. The molecule has 0 fully saturated rings. The first kappa shape index (κ1) is 52.8. The number of carbonyl (C=O) groups excluding carboxylic acids is 2. The van der Waals surface area contributed by atoms with E-state index in [1.54, 1.807) is 0 Å². The van der Waals surface area contributed by atoms with Gasteiger partial charge in [0.15, 0.2) is 6.10 Å². The van der Waals surface area contributed by atoms with Gasteiger partial charge in [-0.05, 0) is 77.0 Å². The van der Waals surface area contributed by atoms with Gasteiger partial charge in [-0.25, -0.2) is 0 Å². The Bertz CT molecular complexity index is 1110. The standard InChI is InChI=1S/C51H84O5/c1-3-5-7-9-11-13-15-17-18-19-20-21-22-23-24-25-26-27-28-29-30-31-32-34-36-38-40-42-44-46-51(54)56-49(47-52)48-55-50(53)45-43-41-39-37-35-33-16-14-12-10-8-6-4-2/h5,7,11,13,17-18,20-21,23-24,26-27,29-30,32,34,49,52H,3-4,6,8-10,12,14-16,19,22,25,28,31,33,35-48H2,1-2H3/b7-5-,13-11-,18-17-,21-20-,24-23-,27-26-,30-29-,34-32-. The van der Waals surface area contributed by atoms with Crippen molar-refractivity contribution in [2.24, 2.45) is 0 Å². The average molecular weight is 777 g/mol. The molecule has 0 radical (unpaired) electrons. The van der Waals surface area contributed by atoms with Gasteiger partial charge in [0.25, 0.3) is 0 Å². The Hall–Kier alpha value is -3.18. The van der Waals surface area contributed by atoms with E-state index in [1.165, 1.54) is 64.2 Å². The Morgan fingerprint density at radius 2 is 0.768 bits per heavy atom. The molecular weight excluding hydrogens is 693 g/mol. The van der Waals surface area contributed by atoms with Crippen LogP contribution in [-0.2, 0) is 19.1 Å². The summed E-state index contributed by atoms with van der Waals surface area (Å²) in [7, 11) is 0. The van der Waals surface area contributed by atoms with Crippen LogP contribution in [0.4, 0.5) is 0 Å². The molecule has 1 N–H and O–H groups in total. The number of unbranched alkanes of at least 4 members (excludes halogenated alkanes) is 16. The number of aliphatic hydroxyl groups is 1. The third-order valence-corrected chi connectivity index (χ3v) is 9.39. The monoisotopic (exact) mass is 777 g/mol. The number of hydrogen-bond acceptors (Lipinski definition) is 5. The van der Waals surface area contributed by atoms with Crippen molar-refractivity contribution in [2.75, 3.05) is 13.2 Å². The molecule has 318 valence electrons. The Kier molecular flexibility index (Phi) is 43.6. The van der Waals surface area contributed by atoms with E-state index in [1.807, 2.05) is 0 Å². The first-order chi connectivity index (χ1) is 27.6. The summed E-state index contributed by atoms with van der Waals surface area (Å²) in [4.78, 5) is 24.3. The summed E-state index contributed by atoms with van der Waals surface area (Å²) in [6.45, 7) is 3.99. The Morgan fingerprint density at radius 1 is 0.429 bits per heavy atom. The number of rotatable bonds is 40. The van der Waals surface area contributed by atoms with Crippen molar-refractivity contribution < 1.29 is 24.2 Å². The number of ether oxygens (including phenoxy) is 2. The molecule has 0 saturated carbocycles. The van der Waals surface area contributed by atoms with Crippen LogP contribution in [0.15, 0.2) is 97.2 Å². The minimum atomic E-state index is -0.789. The van der Waals surface area contributed by atoms with Crippen LogP contribution in [0.25, 0.3) is 0 Å². The highest BCUT2D eigenvalue weighted by Gasteiger charge is 2.16. The SMILES string of the molecule is CC/C=C\C/C=C\C/C=C\C/C=C\C/C=C\C/C=C\C/C=C\C/C=C\CCCCCCC(=O)OC(CO)COC(=O)CCCCCCCCCCCCCCC. The van der Waals surface area contributed by atoms with Crippen LogP contribution < -0.4 is 0 Å². The van der Waals surface area contributed by atoms with Crippen LogP contribution in [0.1, 0.15) is 194 Å². The Labute approximate surface area is 345 Å². The maximum atomic E-state index is 12.2. The zero-order valence-electron chi connectivity index (χ0n) is 36.1. The van der Waals surface area contributed by atoms with Crippen molar-refractivity contribution in [3.05, 3.63) is 97.2 Å². The lowest BCUT2D eigenvalue weighted by Gasteiger charge is -2.15. The number of aliphatic hydroxyl groups excluding tert-OH is 1. The van der Waals surface area contributed by atoms with Crippen LogP contribution >= 0.6 is 0 Å². The molecule has 5 nitrogen and oxygen atoms in total. The summed E-state index contributed by atoms with van der Waals surface area (Å²) < 4.78 is 10.6. The zero-order chi connectivity index (χ0) is 40.7. The molecule has 0 saturated heterocycles. The average Bonchev–Trinajstić information content (AvgIpc) is 3.20. The van der Waals surface area contributed by atoms with E-state index < -0.39 is 6.10 Å². The third kappa shape index (κ3) is 43.5. The van der Waals surface area contributed by atoms with E-state index in [9.17, 15) is 14.7 Å². The van der Waals surface area contributed by atoms with Crippen LogP contribution in [0.5, 0.6) is 0 Å². The predicted octanol–water partition coefficient (Wildman–Crippen LogP) is 14.8. The summed E-state index contributed by atoms with van der Waals surface area (Å²) in [5.74, 6) is -0.624. The van der Waals surface area contributed by atoms with Gasteiger partial charge in [0, 0.05) is 12.8 Å². The van der Waals surface area contributed by atoms with Crippen LogP contribution in [0, 0.1) is 0 Å². The molecule has 0 aromatic heterocycles. The fourth-order valence-corrected chi connectivity index (χ4v) is 5.98. The van der Waals surface area contributed by atoms with Crippen molar-refractivity contribution in [3.63, 3.8) is 0 Å². The fourth-order valence-electron chi connectivity index (χ4n) is 5.98. The normalized spacial score (nSPS) is 13.1. The summed E-state index contributed by atoms with van der Waals surface area (Å²) in [6.07, 6.45) is 64.8. The molecule has 1 unspecified atom stereocenters. The van der Waals surface area contributed by atoms with Crippen LogP contribution in [-0.4, -0.2) is 36.4 Å². The van der Waals surface area contributed by atoms with Gasteiger partial charge in [-0.2, -0.15) is 0 Å². The minimum Gasteiger partial charge on any atom is -0.462 e. The van der Waals surface area contributed by atoms with Crippen molar-refractivity contribution in [1.82, 2.24) is 0 Å². The predicted molar refractivity (Wildman–Crippen MR) is 242 cm³/mol. The molecule has 0 aliphatic carbocycles. The van der Waals surface area contributed by atoms with Gasteiger partial charge in [0.05, 0.1) is 6.61 Å². The van der Waals surface area contributed by atoms with Gasteiger partial charge in [0.1, 0.15) is 6.61 Å². The molecule has 0 aliphatic rings. The van der Waals surface area contributed by atoms with E-state index in [-0.39, 0.29) is 25.2 Å². The molecule has 0 aliphatic heterocycles. The molecule has 0 aromatic rings. The highest BCUT2D eigenvalue weighted by Crippen LogP contribution is 2.14. The Balaban J connectivity index is 3.66. The first-order valence-corrected chi connectivity index (χ1v) is 22.8. The minimum absolute atomic E-state index is 0.0798. The highest BCUT2D eigenvalue weighted by atomic mass is 16.6. The third-order valence-electron chi connectivity index (χ3n) is 9.39. The van der Waals surface area contributed by atoms with Gasteiger partial charge in [-0.3, -0.25) is 9.59 Å². The lowest BCUT2D eigenvalue weighted by molar-refractivity contribution is -0.161. The maximum Gasteiger partial charge on any atom is 0.306 e. The fraction of sp³-hybridized carbons (Fsp3) is 0.647. The van der Waals surface area contributed by atoms with E-state index in [2.05, 4.69) is 111 Å². The molecule has 0 rings (SSSR count). The van der Waals surface area contributed by atoms with Crippen molar-refractivity contribution in [3.8, 4) is 0 Å². The first-order valence-electron chi connectivity index (χ1n) is 22.8. The van der Waals surface area contributed by atoms with Crippen molar-refractivity contribution in [1.29, 1.82) is 0 Å². The van der Waals surface area contributed by atoms with Crippen molar-refractivity contribution in [2.45, 2.75) is 200 Å².